The van der Waals surface area contributed by atoms with Crippen LogP contribution in [0, 0.1) is 13.8 Å². The van der Waals surface area contributed by atoms with Gasteiger partial charge < -0.3 is 0 Å². The summed E-state index contributed by atoms with van der Waals surface area (Å²) in [7, 11) is 0. The van der Waals surface area contributed by atoms with E-state index >= 15 is 0 Å². The Morgan fingerprint density at radius 1 is 1.29 bits per heavy atom. The number of benzene rings is 1. The molecule has 0 unspecified atom stereocenters. The SMILES string of the molecule is CC(=O)CCBr.Cc1cccc(C)c1. The highest BCUT2D eigenvalue weighted by Crippen LogP contribution is 2.00. The summed E-state index contributed by atoms with van der Waals surface area (Å²) >= 11 is 3.13. The first kappa shape index (κ1) is 13.4. The largest absolute Gasteiger partial charge is 0.300 e. The summed E-state index contributed by atoms with van der Waals surface area (Å²) in [4.78, 5) is 10.0. The summed E-state index contributed by atoms with van der Waals surface area (Å²) in [5, 5.41) is 0.794. The fourth-order valence-electron chi connectivity index (χ4n) is 0.940. The minimum atomic E-state index is 0.242. The van der Waals surface area contributed by atoms with E-state index in [9.17, 15) is 4.79 Å². The lowest BCUT2D eigenvalue weighted by molar-refractivity contribution is -0.116. The van der Waals surface area contributed by atoms with Gasteiger partial charge in [-0.3, -0.25) is 4.79 Å². The van der Waals surface area contributed by atoms with Crippen LogP contribution in [-0.2, 0) is 4.79 Å². The smallest absolute Gasteiger partial charge is 0.130 e. The molecule has 0 heterocycles. The Hall–Kier alpha value is -0.630. The van der Waals surface area contributed by atoms with Crippen molar-refractivity contribution in [2.45, 2.75) is 27.2 Å². The average Bonchev–Trinajstić information content (AvgIpc) is 2.03. The molecule has 0 amide bonds. The second kappa shape index (κ2) is 7.74. The molecule has 0 N–H and O–H groups in total. The van der Waals surface area contributed by atoms with Gasteiger partial charge in [-0.15, -0.1) is 0 Å². The van der Waals surface area contributed by atoms with Crippen molar-refractivity contribution in [2.24, 2.45) is 0 Å². The third-order valence-electron chi connectivity index (χ3n) is 1.62. The fourth-order valence-corrected chi connectivity index (χ4v) is 1.50. The third-order valence-corrected chi connectivity index (χ3v) is 2.02. The number of carbonyl (C=O) groups excluding carboxylic acids is 1. The second-order valence-corrected chi connectivity index (χ2v) is 4.09. The quantitative estimate of drug-likeness (QED) is 0.739. The molecule has 1 aromatic carbocycles. The predicted molar refractivity (Wildman–Crippen MR) is 65.0 cm³/mol. The molecule has 14 heavy (non-hydrogen) atoms. The van der Waals surface area contributed by atoms with Crippen LogP contribution in [0.15, 0.2) is 24.3 Å². The van der Waals surface area contributed by atoms with E-state index in [1.807, 2.05) is 0 Å². The minimum Gasteiger partial charge on any atom is -0.300 e. The summed E-state index contributed by atoms with van der Waals surface area (Å²) < 4.78 is 0. The van der Waals surface area contributed by atoms with E-state index in [0.29, 0.717) is 6.42 Å². The highest BCUT2D eigenvalue weighted by atomic mass is 79.9. The van der Waals surface area contributed by atoms with Crippen LogP contribution in [0.4, 0.5) is 0 Å². The van der Waals surface area contributed by atoms with Crippen LogP contribution in [-0.4, -0.2) is 11.1 Å². The van der Waals surface area contributed by atoms with Crippen molar-refractivity contribution < 1.29 is 4.79 Å². The maximum atomic E-state index is 10.0. The van der Waals surface area contributed by atoms with Gasteiger partial charge in [0.2, 0.25) is 0 Å². The van der Waals surface area contributed by atoms with Crippen molar-refractivity contribution in [1.29, 1.82) is 0 Å². The second-order valence-electron chi connectivity index (χ2n) is 3.30. The monoisotopic (exact) mass is 256 g/mol. The van der Waals surface area contributed by atoms with Gasteiger partial charge in [0, 0.05) is 11.8 Å². The van der Waals surface area contributed by atoms with Gasteiger partial charge in [0.05, 0.1) is 0 Å². The lowest BCUT2D eigenvalue weighted by Gasteiger charge is -1.90. The van der Waals surface area contributed by atoms with E-state index in [0.717, 1.165) is 5.33 Å². The van der Waals surface area contributed by atoms with Crippen molar-refractivity contribution in [3.63, 3.8) is 0 Å². The molecule has 2 heteroatoms. The Balaban J connectivity index is 0.000000255. The first-order valence-electron chi connectivity index (χ1n) is 4.65. The minimum absolute atomic E-state index is 0.242. The standard InChI is InChI=1S/C8H10.C4H7BrO/c1-7-4-3-5-8(2)6-7;1-4(6)2-3-5/h3-6H,1-2H3;2-3H2,1H3. The fraction of sp³-hybridized carbons (Fsp3) is 0.417. The summed E-state index contributed by atoms with van der Waals surface area (Å²) in [6.07, 6.45) is 0.653. The van der Waals surface area contributed by atoms with Gasteiger partial charge in [0.25, 0.3) is 0 Å². The van der Waals surface area contributed by atoms with Gasteiger partial charge in [0.1, 0.15) is 5.78 Å². The number of aryl methyl sites for hydroxylation is 2. The summed E-state index contributed by atoms with van der Waals surface area (Å²) in [5.41, 5.74) is 2.68. The maximum Gasteiger partial charge on any atom is 0.130 e. The molecule has 0 spiro atoms. The molecule has 0 aromatic heterocycles. The Kier molecular flexibility index (Phi) is 7.40. The van der Waals surface area contributed by atoms with Crippen LogP contribution in [0.3, 0.4) is 0 Å². The maximum absolute atomic E-state index is 10.0. The van der Waals surface area contributed by atoms with Crippen LogP contribution in [0.2, 0.25) is 0 Å². The van der Waals surface area contributed by atoms with E-state index in [4.69, 9.17) is 0 Å². The number of halogens is 1. The Morgan fingerprint density at radius 2 is 1.79 bits per heavy atom. The molecule has 0 aliphatic rings. The number of Topliss-reactive ketones (excluding diaryl/α,β-unsaturated/α-hetero) is 1. The Labute approximate surface area is 94.7 Å². The highest BCUT2D eigenvalue weighted by Gasteiger charge is 1.85. The number of carbonyl (C=O) groups is 1. The zero-order valence-electron chi connectivity index (χ0n) is 9.01. The van der Waals surface area contributed by atoms with E-state index in [-0.39, 0.29) is 5.78 Å². The van der Waals surface area contributed by atoms with Crippen LogP contribution >= 0.6 is 15.9 Å². The number of alkyl halides is 1. The van der Waals surface area contributed by atoms with Gasteiger partial charge in [-0.1, -0.05) is 51.3 Å². The van der Waals surface area contributed by atoms with Crippen molar-refractivity contribution in [3.05, 3.63) is 35.4 Å². The molecule has 1 rings (SSSR count). The lowest BCUT2D eigenvalue weighted by atomic mass is 10.2. The molecule has 0 atom stereocenters. The molecule has 0 radical (unpaired) electrons. The van der Waals surface area contributed by atoms with Crippen LogP contribution in [0.25, 0.3) is 0 Å². The van der Waals surface area contributed by atoms with E-state index in [2.05, 4.69) is 54.0 Å². The number of hydrogen-bond acceptors (Lipinski definition) is 1. The molecule has 78 valence electrons. The molecule has 1 aromatic rings. The van der Waals surface area contributed by atoms with Crippen molar-refractivity contribution in [1.82, 2.24) is 0 Å². The molecular formula is C12H17BrO. The average molecular weight is 257 g/mol. The van der Waals surface area contributed by atoms with E-state index in [1.54, 1.807) is 6.92 Å². The lowest BCUT2D eigenvalue weighted by Crippen LogP contribution is -1.87. The van der Waals surface area contributed by atoms with E-state index in [1.165, 1.54) is 11.1 Å². The van der Waals surface area contributed by atoms with Crippen LogP contribution in [0.1, 0.15) is 24.5 Å². The van der Waals surface area contributed by atoms with Crippen LogP contribution < -0.4 is 0 Å². The van der Waals surface area contributed by atoms with E-state index < -0.39 is 0 Å². The van der Waals surface area contributed by atoms with Gasteiger partial charge in [0.15, 0.2) is 0 Å². The van der Waals surface area contributed by atoms with Crippen molar-refractivity contribution in [3.8, 4) is 0 Å². The molecule has 0 aliphatic heterocycles. The summed E-state index contributed by atoms with van der Waals surface area (Å²) in [6, 6.07) is 8.45. The topological polar surface area (TPSA) is 17.1 Å². The third kappa shape index (κ3) is 7.99. The van der Waals surface area contributed by atoms with Crippen LogP contribution in [0.5, 0.6) is 0 Å². The zero-order chi connectivity index (χ0) is 11.0. The first-order valence-corrected chi connectivity index (χ1v) is 5.77. The van der Waals surface area contributed by atoms with Crippen molar-refractivity contribution >= 4 is 21.7 Å². The van der Waals surface area contributed by atoms with Gasteiger partial charge in [-0.25, -0.2) is 0 Å². The number of rotatable bonds is 2. The molecule has 0 bridgehead atoms. The van der Waals surface area contributed by atoms with Gasteiger partial charge >= 0.3 is 0 Å². The highest BCUT2D eigenvalue weighted by molar-refractivity contribution is 9.09. The molecule has 0 fully saturated rings. The van der Waals surface area contributed by atoms with Gasteiger partial charge in [-0.2, -0.15) is 0 Å². The first-order chi connectivity index (χ1) is 6.56. The number of hydrogen-bond donors (Lipinski definition) is 0. The zero-order valence-corrected chi connectivity index (χ0v) is 10.6. The Morgan fingerprint density at radius 3 is 1.93 bits per heavy atom. The van der Waals surface area contributed by atoms with Crippen molar-refractivity contribution in [2.75, 3.05) is 5.33 Å². The molecule has 0 aliphatic carbocycles. The molecule has 1 nitrogen and oxygen atoms in total. The molecular weight excluding hydrogens is 240 g/mol. The molecule has 0 saturated heterocycles. The number of ketones is 1. The van der Waals surface area contributed by atoms with Gasteiger partial charge in [-0.05, 0) is 20.8 Å². The predicted octanol–water partition coefficient (Wildman–Crippen LogP) is 3.66. The summed E-state index contributed by atoms with van der Waals surface area (Å²) in [5.74, 6) is 0.242. The Bertz CT molecular complexity index is 264. The molecule has 0 saturated carbocycles. The summed E-state index contributed by atoms with van der Waals surface area (Å²) in [6.45, 7) is 5.79. The normalized spacial score (nSPS) is 8.86.